The van der Waals surface area contributed by atoms with Gasteiger partial charge in [0.25, 0.3) is 0 Å². The molecular weight excluding hydrogens is 314 g/mol. The van der Waals surface area contributed by atoms with Crippen molar-refractivity contribution in [2.75, 3.05) is 0 Å². The highest BCUT2D eigenvalue weighted by atomic mass is 32.1. The third-order valence-corrected chi connectivity index (χ3v) is 4.49. The van der Waals surface area contributed by atoms with Crippen molar-refractivity contribution >= 4 is 24.1 Å². The zero-order valence-electron chi connectivity index (χ0n) is 14.4. The van der Waals surface area contributed by atoms with Crippen LogP contribution in [0.3, 0.4) is 0 Å². The normalized spacial score (nSPS) is 11.3. The molecule has 3 rings (SSSR count). The fraction of sp³-hybridized carbons (Fsp3) is 0.200. The van der Waals surface area contributed by atoms with Crippen LogP contribution in [0.25, 0.3) is 5.69 Å². The summed E-state index contributed by atoms with van der Waals surface area (Å²) in [6, 6.07) is 14.4. The molecule has 3 aromatic rings. The van der Waals surface area contributed by atoms with E-state index in [1.54, 1.807) is 0 Å². The van der Waals surface area contributed by atoms with Crippen LogP contribution in [0.4, 0.5) is 5.69 Å². The third-order valence-electron chi connectivity index (χ3n) is 4.09. The summed E-state index contributed by atoms with van der Waals surface area (Å²) in [5.41, 5.74) is 7.61. The number of hydrogen-bond acceptors (Lipinski definition) is 2. The van der Waals surface area contributed by atoms with Crippen LogP contribution < -0.4 is 0 Å². The topological polar surface area (TPSA) is 33.1 Å². The summed E-state index contributed by atoms with van der Waals surface area (Å²) >= 11 is 5.64. The fourth-order valence-electron chi connectivity index (χ4n) is 2.98. The highest BCUT2D eigenvalue weighted by molar-refractivity contribution is 7.71. The van der Waals surface area contributed by atoms with Gasteiger partial charge in [0.15, 0.2) is 0 Å². The van der Waals surface area contributed by atoms with Gasteiger partial charge in [0, 0.05) is 11.9 Å². The van der Waals surface area contributed by atoms with Gasteiger partial charge in [0.2, 0.25) is 0 Å². The van der Waals surface area contributed by atoms with E-state index in [-0.39, 0.29) is 0 Å². The molecule has 1 aromatic heterocycles. The van der Waals surface area contributed by atoms with E-state index in [1.165, 1.54) is 16.7 Å². The zero-order valence-corrected chi connectivity index (χ0v) is 15.2. The molecular formula is C20H21N3S. The number of aromatic amines is 1. The quantitative estimate of drug-likeness (QED) is 0.496. The summed E-state index contributed by atoms with van der Waals surface area (Å²) in [6.45, 7) is 8.31. The van der Waals surface area contributed by atoms with Crippen molar-refractivity contribution in [2.24, 2.45) is 4.99 Å². The van der Waals surface area contributed by atoms with Crippen molar-refractivity contribution in [2.45, 2.75) is 27.7 Å². The molecule has 1 N–H and O–H groups in total. The first-order valence-corrected chi connectivity index (χ1v) is 8.37. The summed E-state index contributed by atoms with van der Waals surface area (Å²) in [5, 5.41) is 3.33. The molecule has 0 saturated carbocycles. The molecule has 0 amide bonds. The van der Waals surface area contributed by atoms with Gasteiger partial charge in [0.1, 0.15) is 4.64 Å². The summed E-state index contributed by atoms with van der Waals surface area (Å²) in [4.78, 5) is 4.72. The van der Waals surface area contributed by atoms with E-state index in [1.807, 2.05) is 48.2 Å². The molecule has 0 saturated heterocycles. The van der Waals surface area contributed by atoms with Gasteiger partial charge in [-0.3, -0.25) is 10.1 Å². The predicted molar refractivity (Wildman–Crippen MR) is 104 cm³/mol. The maximum atomic E-state index is 5.64. The number of aromatic nitrogens is 2. The molecule has 0 aliphatic carbocycles. The lowest BCUT2D eigenvalue weighted by molar-refractivity contribution is 0.853. The van der Waals surface area contributed by atoms with Crippen molar-refractivity contribution in [3.63, 3.8) is 0 Å². The van der Waals surface area contributed by atoms with Gasteiger partial charge in [-0.2, -0.15) is 0 Å². The van der Waals surface area contributed by atoms with Crippen LogP contribution in [-0.2, 0) is 0 Å². The highest BCUT2D eigenvalue weighted by Crippen LogP contribution is 2.25. The first-order chi connectivity index (χ1) is 11.5. The molecule has 3 nitrogen and oxygen atoms in total. The smallest absolute Gasteiger partial charge is 0.136 e. The first kappa shape index (κ1) is 16.4. The minimum Gasteiger partial charge on any atom is -0.297 e. The number of nitrogens with zero attached hydrogens (tertiary/aromatic N) is 2. The molecule has 1 heterocycles. The van der Waals surface area contributed by atoms with Crippen molar-refractivity contribution < 1.29 is 0 Å². The summed E-state index contributed by atoms with van der Waals surface area (Å²) in [6.07, 6.45) is 1.87. The number of rotatable bonds is 3. The molecule has 0 aliphatic rings. The van der Waals surface area contributed by atoms with E-state index in [9.17, 15) is 0 Å². The average molecular weight is 335 g/mol. The second-order valence-electron chi connectivity index (χ2n) is 6.13. The predicted octanol–water partition coefficient (Wildman–Crippen LogP) is 5.52. The molecule has 0 spiro atoms. The third kappa shape index (κ3) is 3.10. The molecule has 0 fully saturated rings. The van der Waals surface area contributed by atoms with E-state index >= 15 is 0 Å². The van der Waals surface area contributed by atoms with Crippen LogP contribution in [0.5, 0.6) is 0 Å². The Bertz CT molecular complexity index is 939. The van der Waals surface area contributed by atoms with Crippen LogP contribution in [0.1, 0.15) is 27.9 Å². The summed E-state index contributed by atoms with van der Waals surface area (Å²) in [5.74, 6) is 0. The molecule has 0 atom stereocenters. The lowest BCUT2D eigenvalue weighted by Crippen LogP contribution is -1.95. The Morgan fingerprint density at radius 1 is 1.00 bits per heavy atom. The minimum atomic E-state index is 0.741. The maximum absolute atomic E-state index is 5.64. The van der Waals surface area contributed by atoms with Gasteiger partial charge in [-0.15, -0.1) is 0 Å². The Balaban J connectivity index is 2.03. The van der Waals surface area contributed by atoms with E-state index in [2.05, 4.69) is 38.0 Å². The second-order valence-corrected chi connectivity index (χ2v) is 6.52. The van der Waals surface area contributed by atoms with Gasteiger partial charge < -0.3 is 0 Å². The lowest BCUT2D eigenvalue weighted by atomic mass is 10.1. The van der Waals surface area contributed by atoms with E-state index in [0.717, 1.165) is 27.3 Å². The van der Waals surface area contributed by atoms with Gasteiger partial charge in [-0.1, -0.05) is 48.1 Å². The SMILES string of the molecule is Cc1cc(C)c(N=Cc2c(C)[nH]n(-c3ccccc3)c2=S)c(C)c1. The molecule has 122 valence electrons. The van der Waals surface area contributed by atoms with Crippen LogP contribution >= 0.6 is 12.2 Å². The molecule has 24 heavy (non-hydrogen) atoms. The standard InChI is InChI=1S/C20H21N3S/c1-13-10-14(2)19(15(3)11-13)21-12-18-16(4)22-23(20(18)24)17-8-6-5-7-9-17/h5-12,22H,1-4H3. The molecule has 0 aliphatic heterocycles. The summed E-state index contributed by atoms with van der Waals surface area (Å²) < 4.78 is 2.66. The number of nitrogens with one attached hydrogen (secondary N) is 1. The van der Waals surface area contributed by atoms with Crippen molar-refractivity contribution in [1.82, 2.24) is 9.78 Å². The van der Waals surface area contributed by atoms with Crippen LogP contribution in [-0.4, -0.2) is 16.0 Å². The lowest BCUT2D eigenvalue weighted by Gasteiger charge is -2.06. The number of H-pyrrole nitrogens is 1. The van der Waals surface area contributed by atoms with E-state index in [0.29, 0.717) is 0 Å². The Morgan fingerprint density at radius 3 is 2.25 bits per heavy atom. The van der Waals surface area contributed by atoms with Gasteiger partial charge in [0.05, 0.1) is 16.9 Å². The monoisotopic (exact) mass is 335 g/mol. The Morgan fingerprint density at radius 2 is 1.62 bits per heavy atom. The van der Waals surface area contributed by atoms with Crippen molar-refractivity contribution in [3.8, 4) is 5.69 Å². The zero-order chi connectivity index (χ0) is 17.3. The van der Waals surface area contributed by atoms with Crippen LogP contribution in [0.2, 0.25) is 0 Å². The number of para-hydroxylation sites is 1. The van der Waals surface area contributed by atoms with Gasteiger partial charge >= 0.3 is 0 Å². The molecule has 4 heteroatoms. The van der Waals surface area contributed by atoms with Crippen molar-refractivity contribution in [1.29, 1.82) is 0 Å². The maximum Gasteiger partial charge on any atom is 0.136 e. The Hall–Kier alpha value is -2.46. The second kappa shape index (κ2) is 6.57. The molecule has 2 aromatic carbocycles. The number of benzene rings is 2. The largest absolute Gasteiger partial charge is 0.297 e. The molecule has 0 unspecified atom stereocenters. The van der Waals surface area contributed by atoms with E-state index in [4.69, 9.17) is 17.2 Å². The van der Waals surface area contributed by atoms with Crippen LogP contribution in [0.15, 0.2) is 47.5 Å². The van der Waals surface area contributed by atoms with E-state index < -0.39 is 0 Å². The van der Waals surface area contributed by atoms with Gasteiger partial charge in [-0.25, -0.2) is 4.68 Å². The summed E-state index contributed by atoms with van der Waals surface area (Å²) in [7, 11) is 0. The Kier molecular flexibility index (Phi) is 4.49. The van der Waals surface area contributed by atoms with Crippen LogP contribution in [0, 0.1) is 32.3 Å². The van der Waals surface area contributed by atoms with Crippen molar-refractivity contribution in [3.05, 3.63) is 75.1 Å². The van der Waals surface area contributed by atoms with Gasteiger partial charge in [-0.05, 0) is 51.0 Å². The Labute approximate surface area is 147 Å². The number of aryl methyl sites for hydroxylation is 4. The molecule has 0 radical (unpaired) electrons. The number of hydrogen-bond donors (Lipinski definition) is 1. The minimum absolute atomic E-state index is 0.741. The fourth-order valence-corrected chi connectivity index (χ4v) is 3.33. The number of aliphatic imine (C=N–C) groups is 1. The highest BCUT2D eigenvalue weighted by Gasteiger charge is 2.08. The first-order valence-electron chi connectivity index (χ1n) is 7.96. The average Bonchev–Trinajstić information content (AvgIpc) is 2.82. The molecule has 0 bridgehead atoms.